The lowest BCUT2D eigenvalue weighted by Gasteiger charge is -2.16. The minimum absolute atomic E-state index is 0.163. The van der Waals surface area contributed by atoms with Crippen LogP contribution in [-0.2, 0) is 9.53 Å². The summed E-state index contributed by atoms with van der Waals surface area (Å²) in [4.78, 5) is 23.9. The first kappa shape index (κ1) is 18.5. The van der Waals surface area contributed by atoms with Crippen molar-refractivity contribution < 1.29 is 23.1 Å². The molecule has 0 heterocycles. The van der Waals surface area contributed by atoms with E-state index in [9.17, 15) is 18.4 Å². The summed E-state index contributed by atoms with van der Waals surface area (Å²) in [7, 11) is 0. The molecule has 6 heteroatoms. The Morgan fingerprint density at radius 1 is 1.00 bits per heavy atom. The molecule has 1 amide bonds. The lowest BCUT2D eigenvalue weighted by atomic mass is 10.00. The zero-order valence-corrected chi connectivity index (χ0v) is 14.5. The number of carbonyl (C=O) groups is 2. The number of ether oxygens (including phenoxy) is 1. The minimum atomic E-state index is -1.15. The van der Waals surface area contributed by atoms with Crippen molar-refractivity contribution in [3.05, 3.63) is 83.4 Å². The highest BCUT2D eigenvalue weighted by Gasteiger charge is 2.15. The highest BCUT2D eigenvalue weighted by molar-refractivity contribution is 5.91. The van der Waals surface area contributed by atoms with Crippen LogP contribution in [0.1, 0.15) is 28.9 Å². The Kier molecular flexibility index (Phi) is 5.45. The van der Waals surface area contributed by atoms with Gasteiger partial charge in [-0.25, -0.2) is 13.6 Å². The van der Waals surface area contributed by atoms with Gasteiger partial charge in [-0.15, -0.1) is 0 Å². The van der Waals surface area contributed by atoms with Crippen LogP contribution < -0.4 is 5.32 Å². The van der Waals surface area contributed by atoms with E-state index in [-0.39, 0.29) is 11.6 Å². The number of hydrogen-bond acceptors (Lipinski definition) is 3. The fourth-order valence-electron chi connectivity index (χ4n) is 2.83. The molecule has 0 aliphatic rings. The summed E-state index contributed by atoms with van der Waals surface area (Å²) in [5.74, 6) is -3.61. The van der Waals surface area contributed by atoms with Gasteiger partial charge < -0.3 is 10.1 Å². The van der Waals surface area contributed by atoms with Gasteiger partial charge in [0.1, 0.15) is 0 Å². The van der Waals surface area contributed by atoms with E-state index < -0.39 is 30.1 Å². The van der Waals surface area contributed by atoms with E-state index in [0.717, 1.165) is 34.5 Å². The van der Waals surface area contributed by atoms with Crippen LogP contribution in [0.3, 0.4) is 0 Å². The summed E-state index contributed by atoms with van der Waals surface area (Å²) in [6.45, 7) is 1.31. The lowest BCUT2D eigenvalue weighted by molar-refractivity contribution is -0.124. The fourth-order valence-corrected chi connectivity index (χ4v) is 2.83. The predicted molar refractivity (Wildman–Crippen MR) is 97.1 cm³/mol. The molecule has 0 saturated carbocycles. The fraction of sp³-hybridized carbons (Fsp3) is 0.143. The standard InChI is InChI=1S/C21H17F2NO3/c1-13(16-8-4-6-14-5-2-3-7-17(14)16)24-20(25)12-27-21(26)15-9-10-18(22)19(23)11-15/h2-11,13H,12H2,1H3,(H,24,25)/t13-/m0/s1. The Labute approximate surface area is 154 Å². The Morgan fingerprint density at radius 3 is 2.52 bits per heavy atom. The second-order valence-corrected chi connectivity index (χ2v) is 6.06. The molecule has 1 N–H and O–H groups in total. The molecule has 3 rings (SSSR count). The van der Waals surface area contributed by atoms with Crippen molar-refractivity contribution in [2.75, 3.05) is 6.61 Å². The Morgan fingerprint density at radius 2 is 1.74 bits per heavy atom. The van der Waals surface area contributed by atoms with Crippen LogP contribution in [0.15, 0.2) is 60.7 Å². The Bertz CT molecular complexity index is 998. The highest BCUT2D eigenvalue weighted by atomic mass is 19.2. The number of amides is 1. The second-order valence-electron chi connectivity index (χ2n) is 6.06. The number of hydrogen-bond donors (Lipinski definition) is 1. The summed E-state index contributed by atoms with van der Waals surface area (Å²) in [5, 5.41) is 4.84. The van der Waals surface area contributed by atoms with Crippen molar-refractivity contribution in [1.29, 1.82) is 0 Å². The molecule has 3 aromatic carbocycles. The maximum Gasteiger partial charge on any atom is 0.338 e. The molecule has 0 aliphatic carbocycles. The summed E-state index contributed by atoms with van der Waals surface area (Å²) < 4.78 is 30.9. The van der Waals surface area contributed by atoms with Crippen LogP contribution in [0.5, 0.6) is 0 Å². The average Bonchev–Trinajstić information content (AvgIpc) is 2.67. The molecular formula is C21H17F2NO3. The van der Waals surface area contributed by atoms with Crippen molar-refractivity contribution in [2.45, 2.75) is 13.0 Å². The Balaban J connectivity index is 1.61. The van der Waals surface area contributed by atoms with Crippen molar-refractivity contribution in [2.24, 2.45) is 0 Å². The summed E-state index contributed by atoms with van der Waals surface area (Å²) in [6.07, 6.45) is 0. The molecule has 3 aromatic rings. The smallest absolute Gasteiger partial charge is 0.338 e. The monoisotopic (exact) mass is 369 g/mol. The Hall–Kier alpha value is -3.28. The third-order valence-corrected chi connectivity index (χ3v) is 4.16. The third-order valence-electron chi connectivity index (χ3n) is 4.16. The van der Waals surface area contributed by atoms with Gasteiger partial charge in [-0.2, -0.15) is 0 Å². The number of carbonyl (C=O) groups excluding carboxylic acids is 2. The van der Waals surface area contributed by atoms with Crippen molar-refractivity contribution in [1.82, 2.24) is 5.32 Å². The number of fused-ring (bicyclic) bond motifs is 1. The van der Waals surface area contributed by atoms with E-state index in [0.29, 0.717) is 0 Å². The molecule has 0 aromatic heterocycles. The van der Waals surface area contributed by atoms with E-state index in [4.69, 9.17) is 4.74 Å². The lowest BCUT2D eigenvalue weighted by Crippen LogP contribution is -2.31. The molecule has 0 fully saturated rings. The van der Waals surface area contributed by atoms with Gasteiger partial charge in [0, 0.05) is 0 Å². The molecule has 27 heavy (non-hydrogen) atoms. The topological polar surface area (TPSA) is 55.4 Å². The summed E-state index contributed by atoms with van der Waals surface area (Å²) >= 11 is 0. The largest absolute Gasteiger partial charge is 0.452 e. The first-order valence-corrected chi connectivity index (χ1v) is 8.35. The zero-order valence-electron chi connectivity index (χ0n) is 14.5. The molecule has 0 aliphatic heterocycles. The molecule has 0 radical (unpaired) electrons. The normalized spacial score (nSPS) is 11.8. The number of esters is 1. The van der Waals surface area contributed by atoms with E-state index in [2.05, 4.69) is 5.32 Å². The van der Waals surface area contributed by atoms with Gasteiger partial charge in [-0.3, -0.25) is 4.79 Å². The molecular weight excluding hydrogens is 352 g/mol. The van der Waals surface area contributed by atoms with E-state index >= 15 is 0 Å². The molecule has 0 saturated heterocycles. The van der Waals surface area contributed by atoms with E-state index in [1.165, 1.54) is 0 Å². The van der Waals surface area contributed by atoms with E-state index in [1.807, 2.05) is 49.4 Å². The third kappa shape index (κ3) is 4.28. The number of nitrogens with one attached hydrogen (secondary N) is 1. The molecule has 138 valence electrons. The van der Waals surface area contributed by atoms with Gasteiger partial charge in [0.15, 0.2) is 18.2 Å². The van der Waals surface area contributed by atoms with Crippen LogP contribution in [-0.4, -0.2) is 18.5 Å². The summed E-state index contributed by atoms with van der Waals surface area (Å²) in [6, 6.07) is 16.0. The van der Waals surface area contributed by atoms with Crippen LogP contribution in [0.2, 0.25) is 0 Å². The van der Waals surface area contributed by atoms with Gasteiger partial charge in [0.2, 0.25) is 0 Å². The minimum Gasteiger partial charge on any atom is -0.452 e. The number of rotatable bonds is 5. The number of benzene rings is 3. The molecule has 0 unspecified atom stereocenters. The zero-order chi connectivity index (χ0) is 19.4. The average molecular weight is 369 g/mol. The SMILES string of the molecule is C[C@H](NC(=O)COC(=O)c1ccc(F)c(F)c1)c1cccc2ccccc12. The van der Waals surface area contributed by atoms with Gasteiger partial charge >= 0.3 is 5.97 Å². The van der Waals surface area contributed by atoms with Gasteiger partial charge in [-0.05, 0) is 41.5 Å². The first-order valence-electron chi connectivity index (χ1n) is 8.35. The van der Waals surface area contributed by atoms with Crippen LogP contribution in [0.4, 0.5) is 8.78 Å². The molecule has 0 spiro atoms. The van der Waals surface area contributed by atoms with Crippen LogP contribution in [0.25, 0.3) is 10.8 Å². The maximum atomic E-state index is 13.2. The highest BCUT2D eigenvalue weighted by Crippen LogP contribution is 2.23. The van der Waals surface area contributed by atoms with Gasteiger partial charge in [0.25, 0.3) is 5.91 Å². The van der Waals surface area contributed by atoms with Crippen LogP contribution in [0, 0.1) is 11.6 Å². The summed E-state index contributed by atoms with van der Waals surface area (Å²) in [5.41, 5.74) is 0.775. The predicted octanol–water partition coefficient (Wildman–Crippen LogP) is 4.15. The quantitative estimate of drug-likeness (QED) is 0.688. The van der Waals surface area contributed by atoms with Crippen molar-refractivity contribution in [3.63, 3.8) is 0 Å². The molecule has 1 atom stereocenters. The maximum absolute atomic E-state index is 13.2. The van der Waals surface area contributed by atoms with Gasteiger partial charge in [0.05, 0.1) is 11.6 Å². The van der Waals surface area contributed by atoms with E-state index in [1.54, 1.807) is 0 Å². The number of halogens is 2. The second kappa shape index (κ2) is 7.95. The van der Waals surface area contributed by atoms with Gasteiger partial charge in [-0.1, -0.05) is 42.5 Å². The molecule has 4 nitrogen and oxygen atoms in total. The molecule has 0 bridgehead atoms. The first-order chi connectivity index (χ1) is 13.0. The van der Waals surface area contributed by atoms with Crippen LogP contribution >= 0.6 is 0 Å². The van der Waals surface area contributed by atoms with Crippen molar-refractivity contribution in [3.8, 4) is 0 Å². The van der Waals surface area contributed by atoms with Crippen molar-refractivity contribution >= 4 is 22.6 Å².